The highest BCUT2D eigenvalue weighted by Crippen LogP contribution is 2.24. The minimum absolute atomic E-state index is 0.0794. The first kappa shape index (κ1) is 20.1. The van der Waals surface area contributed by atoms with Gasteiger partial charge in [0.15, 0.2) is 0 Å². The van der Waals surface area contributed by atoms with Gasteiger partial charge in [-0.3, -0.25) is 0 Å². The molecule has 23 heavy (non-hydrogen) atoms. The molecule has 132 valence electrons. The lowest BCUT2D eigenvalue weighted by Crippen LogP contribution is -2.77. The third kappa shape index (κ3) is 7.47. The van der Waals surface area contributed by atoms with E-state index in [1.165, 1.54) is 49.7 Å². The van der Waals surface area contributed by atoms with Gasteiger partial charge in [-0.05, 0) is 29.9 Å². The summed E-state index contributed by atoms with van der Waals surface area (Å²) in [4.78, 5) is 0. The van der Waals surface area contributed by atoms with Gasteiger partial charge in [0, 0.05) is 6.42 Å². The number of quaternary nitrogens is 1. The van der Waals surface area contributed by atoms with Crippen molar-refractivity contribution < 1.29 is 15.9 Å². The van der Waals surface area contributed by atoms with E-state index < -0.39 is 5.54 Å². The van der Waals surface area contributed by atoms with Crippen LogP contribution in [-0.2, 0) is 6.42 Å². The minimum atomic E-state index is -0.642. The molecule has 0 aliphatic heterocycles. The molecule has 1 atom stereocenters. The highest BCUT2D eigenvalue weighted by molar-refractivity contribution is 5.25. The van der Waals surface area contributed by atoms with Crippen molar-refractivity contribution in [2.24, 2.45) is 0 Å². The second kappa shape index (κ2) is 10.8. The van der Waals surface area contributed by atoms with Crippen molar-refractivity contribution in [3.05, 3.63) is 35.4 Å². The standard InChI is InChI=1S/C20H35NO2/c1-3-4-5-6-7-8-9-18-10-12-19(13-11-18)17(2)14-20(21,15-22)16-23/h10-13,17,22-23H,3-9,14-16,21H2,1-2H3/p+1/t17-/m1/s1. The van der Waals surface area contributed by atoms with E-state index in [0.29, 0.717) is 6.42 Å². The van der Waals surface area contributed by atoms with E-state index in [0.717, 1.165) is 6.42 Å². The largest absolute Gasteiger partial charge is 0.390 e. The topological polar surface area (TPSA) is 68.1 Å². The number of unbranched alkanes of at least 4 members (excludes halogenated alkanes) is 5. The molecule has 0 bridgehead atoms. The van der Waals surface area contributed by atoms with E-state index in [1.54, 1.807) is 0 Å². The Balaban J connectivity index is 2.40. The van der Waals surface area contributed by atoms with Crippen molar-refractivity contribution in [1.82, 2.24) is 0 Å². The molecule has 0 aliphatic carbocycles. The molecule has 0 saturated carbocycles. The molecular weight excluding hydrogens is 286 g/mol. The fraction of sp³-hybridized carbons (Fsp3) is 0.700. The fourth-order valence-corrected chi connectivity index (χ4v) is 3.07. The summed E-state index contributed by atoms with van der Waals surface area (Å²) in [6.07, 6.45) is 9.85. The van der Waals surface area contributed by atoms with Gasteiger partial charge in [-0.15, -0.1) is 0 Å². The van der Waals surface area contributed by atoms with Crippen molar-refractivity contribution in [3.63, 3.8) is 0 Å². The number of hydrogen-bond donors (Lipinski definition) is 3. The molecule has 1 aromatic carbocycles. The highest BCUT2D eigenvalue weighted by atomic mass is 16.3. The summed E-state index contributed by atoms with van der Waals surface area (Å²) in [5.74, 6) is 0.287. The van der Waals surface area contributed by atoms with E-state index in [4.69, 9.17) is 0 Å². The van der Waals surface area contributed by atoms with Crippen LogP contribution in [0.25, 0.3) is 0 Å². The van der Waals surface area contributed by atoms with Crippen LogP contribution in [0.2, 0.25) is 0 Å². The van der Waals surface area contributed by atoms with E-state index >= 15 is 0 Å². The van der Waals surface area contributed by atoms with Gasteiger partial charge in [0.2, 0.25) is 0 Å². The molecule has 1 rings (SSSR count). The predicted octanol–water partition coefficient (Wildman–Crippen LogP) is 3.05. The summed E-state index contributed by atoms with van der Waals surface area (Å²) in [5, 5.41) is 18.8. The Labute approximate surface area is 141 Å². The Bertz CT molecular complexity index is 412. The zero-order valence-electron chi connectivity index (χ0n) is 15.1. The molecular formula is C20H36NO2+. The summed E-state index contributed by atoms with van der Waals surface area (Å²) in [6, 6.07) is 8.82. The second-order valence-electron chi connectivity index (χ2n) is 7.18. The maximum atomic E-state index is 9.38. The number of aryl methyl sites for hydroxylation is 1. The molecule has 3 heteroatoms. The van der Waals surface area contributed by atoms with Crippen LogP contribution in [0, 0.1) is 0 Å². The Morgan fingerprint density at radius 2 is 1.52 bits per heavy atom. The predicted molar refractivity (Wildman–Crippen MR) is 96.3 cm³/mol. The average Bonchev–Trinajstić information content (AvgIpc) is 2.58. The first-order valence-corrected chi connectivity index (χ1v) is 9.20. The summed E-state index contributed by atoms with van der Waals surface area (Å²) >= 11 is 0. The lowest BCUT2D eigenvalue weighted by atomic mass is 9.86. The fourth-order valence-electron chi connectivity index (χ4n) is 3.07. The normalized spacial score (nSPS) is 13.3. The van der Waals surface area contributed by atoms with Crippen LogP contribution in [0.4, 0.5) is 0 Å². The van der Waals surface area contributed by atoms with Crippen LogP contribution in [0.15, 0.2) is 24.3 Å². The molecule has 0 fully saturated rings. The van der Waals surface area contributed by atoms with Crippen LogP contribution >= 0.6 is 0 Å². The Morgan fingerprint density at radius 3 is 2.09 bits per heavy atom. The minimum Gasteiger partial charge on any atom is -0.390 e. The smallest absolute Gasteiger partial charge is 0.142 e. The lowest BCUT2D eigenvalue weighted by Gasteiger charge is -2.25. The van der Waals surface area contributed by atoms with E-state index in [9.17, 15) is 10.2 Å². The zero-order valence-corrected chi connectivity index (χ0v) is 15.1. The van der Waals surface area contributed by atoms with Crippen LogP contribution < -0.4 is 5.73 Å². The van der Waals surface area contributed by atoms with Gasteiger partial charge in [-0.2, -0.15) is 0 Å². The summed E-state index contributed by atoms with van der Waals surface area (Å²) < 4.78 is 0. The van der Waals surface area contributed by atoms with Crippen molar-refractivity contribution >= 4 is 0 Å². The van der Waals surface area contributed by atoms with Gasteiger partial charge in [0.25, 0.3) is 0 Å². The lowest BCUT2D eigenvalue weighted by molar-refractivity contribution is -0.491. The third-order valence-corrected chi connectivity index (χ3v) is 4.78. The first-order valence-electron chi connectivity index (χ1n) is 9.20. The van der Waals surface area contributed by atoms with Crippen molar-refractivity contribution in [3.8, 4) is 0 Å². The monoisotopic (exact) mass is 322 g/mol. The van der Waals surface area contributed by atoms with E-state index in [-0.39, 0.29) is 19.1 Å². The van der Waals surface area contributed by atoms with Crippen molar-refractivity contribution in [2.75, 3.05) is 13.2 Å². The van der Waals surface area contributed by atoms with Gasteiger partial charge in [0.1, 0.15) is 18.8 Å². The maximum Gasteiger partial charge on any atom is 0.142 e. The summed E-state index contributed by atoms with van der Waals surface area (Å²) in [6.45, 7) is 4.23. The number of hydrogen-bond acceptors (Lipinski definition) is 2. The molecule has 0 aliphatic rings. The Kier molecular flexibility index (Phi) is 9.46. The highest BCUT2D eigenvalue weighted by Gasteiger charge is 2.30. The molecule has 5 N–H and O–H groups in total. The molecule has 0 heterocycles. The van der Waals surface area contributed by atoms with E-state index in [1.807, 2.05) is 0 Å². The Morgan fingerprint density at radius 1 is 0.957 bits per heavy atom. The maximum absolute atomic E-state index is 9.38. The van der Waals surface area contributed by atoms with Gasteiger partial charge >= 0.3 is 0 Å². The second-order valence-corrected chi connectivity index (χ2v) is 7.18. The molecule has 0 radical (unpaired) electrons. The molecule has 3 nitrogen and oxygen atoms in total. The SMILES string of the molecule is CCCCCCCCc1ccc([C@H](C)CC([NH3+])(CO)CO)cc1. The number of benzene rings is 1. The number of rotatable bonds is 12. The van der Waals surface area contributed by atoms with Gasteiger partial charge in [-0.25, -0.2) is 0 Å². The number of aliphatic hydroxyl groups is 2. The molecule has 0 saturated heterocycles. The molecule has 0 unspecified atom stereocenters. The average molecular weight is 323 g/mol. The van der Waals surface area contributed by atoms with Gasteiger partial charge in [-0.1, -0.05) is 70.2 Å². The zero-order chi connectivity index (χ0) is 17.1. The third-order valence-electron chi connectivity index (χ3n) is 4.78. The van der Waals surface area contributed by atoms with E-state index in [2.05, 4.69) is 43.8 Å². The quantitative estimate of drug-likeness (QED) is 0.518. The summed E-state index contributed by atoms with van der Waals surface area (Å²) in [7, 11) is 0. The van der Waals surface area contributed by atoms with Gasteiger partial charge < -0.3 is 15.9 Å². The van der Waals surface area contributed by atoms with Crippen molar-refractivity contribution in [1.29, 1.82) is 0 Å². The summed E-state index contributed by atoms with van der Waals surface area (Å²) in [5.41, 5.74) is 5.98. The van der Waals surface area contributed by atoms with Crippen molar-refractivity contribution in [2.45, 2.75) is 76.7 Å². The molecule has 0 amide bonds. The number of aliphatic hydroxyl groups excluding tert-OH is 2. The Hall–Kier alpha value is -0.900. The van der Waals surface area contributed by atoms with Crippen LogP contribution in [0.3, 0.4) is 0 Å². The molecule has 1 aromatic rings. The van der Waals surface area contributed by atoms with Crippen LogP contribution in [0.5, 0.6) is 0 Å². The first-order chi connectivity index (χ1) is 11.0. The van der Waals surface area contributed by atoms with Crippen LogP contribution in [-0.4, -0.2) is 29.0 Å². The van der Waals surface area contributed by atoms with Gasteiger partial charge in [0.05, 0.1) is 0 Å². The molecule has 0 spiro atoms. The van der Waals surface area contributed by atoms with Crippen LogP contribution in [0.1, 0.15) is 75.8 Å². The molecule has 0 aromatic heterocycles.